The van der Waals surface area contributed by atoms with Crippen molar-refractivity contribution in [1.29, 1.82) is 0 Å². The van der Waals surface area contributed by atoms with Gasteiger partial charge in [-0.2, -0.15) is 0 Å². The molecule has 1 aliphatic heterocycles. The molecule has 5 nitrogen and oxygen atoms in total. The monoisotopic (exact) mass is 446 g/mol. The van der Waals surface area contributed by atoms with Gasteiger partial charge in [-0.05, 0) is 16.7 Å². The van der Waals surface area contributed by atoms with Crippen molar-refractivity contribution >= 4 is 0 Å². The van der Waals surface area contributed by atoms with E-state index < -0.39 is 12.2 Å². The molecule has 0 aromatic heterocycles. The van der Waals surface area contributed by atoms with E-state index in [2.05, 4.69) is 12.1 Å². The maximum absolute atomic E-state index is 11.0. The van der Waals surface area contributed by atoms with Crippen LogP contribution in [0.5, 0.6) is 0 Å². The Morgan fingerprint density at radius 2 is 1.09 bits per heavy atom. The summed E-state index contributed by atoms with van der Waals surface area (Å²) >= 11 is 0. The quantitative estimate of drug-likeness (QED) is 0.475. The predicted molar refractivity (Wildman–Crippen MR) is 124 cm³/mol. The number of rotatable bonds is 10. The standard InChI is InChI=1S/C28H30O5/c29-24-27(32-18-22-14-8-3-9-15-22)25(31-17-21-12-6-2-7-13-21)23(26-28(24)33-26)19-30-16-20-10-4-1-5-11-20/h1-15,23-29H,16-19H2/t23-,24-,25-,26+,27-,28-/m1/s1. The Balaban J connectivity index is 1.29. The zero-order valence-corrected chi connectivity index (χ0v) is 18.5. The summed E-state index contributed by atoms with van der Waals surface area (Å²) < 4.78 is 24.6. The second kappa shape index (κ2) is 10.6. The summed E-state index contributed by atoms with van der Waals surface area (Å²) in [6.45, 7) is 1.85. The Kier molecular flexibility index (Phi) is 7.15. The van der Waals surface area contributed by atoms with E-state index in [-0.39, 0.29) is 24.2 Å². The van der Waals surface area contributed by atoms with Crippen LogP contribution >= 0.6 is 0 Å². The minimum absolute atomic E-state index is 0.0217. The predicted octanol–water partition coefficient (Wildman–Crippen LogP) is 4.13. The van der Waals surface area contributed by atoms with Crippen LogP contribution in [0.15, 0.2) is 91.0 Å². The minimum Gasteiger partial charge on any atom is -0.387 e. The first-order valence-electron chi connectivity index (χ1n) is 11.6. The molecule has 2 aliphatic rings. The summed E-state index contributed by atoms with van der Waals surface area (Å²) in [5.41, 5.74) is 3.26. The van der Waals surface area contributed by atoms with Crippen LogP contribution in [-0.2, 0) is 38.8 Å². The van der Waals surface area contributed by atoms with Gasteiger partial charge < -0.3 is 24.1 Å². The highest BCUT2D eigenvalue weighted by Gasteiger charge is 2.61. The first-order chi connectivity index (χ1) is 16.3. The molecule has 0 radical (unpaired) electrons. The maximum atomic E-state index is 11.0. The van der Waals surface area contributed by atoms with E-state index in [1.165, 1.54) is 0 Å². The first kappa shape index (κ1) is 22.3. The molecule has 1 aliphatic carbocycles. The molecular weight excluding hydrogens is 416 g/mol. The normalized spacial score (nSPS) is 28.3. The van der Waals surface area contributed by atoms with Crippen molar-refractivity contribution in [1.82, 2.24) is 0 Å². The van der Waals surface area contributed by atoms with Crippen LogP contribution in [0.3, 0.4) is 0 Å². The molecule has 0 bridgehead atoms. The molecule has 172 valence electrons. The van der Waals surface area contributed by atoms with Crippen molar-refractivity contribution in [2.75, 3.05) is 6.61 Å². The van der Waals surface area contributed by atoms with Crippen molar-refractivity contribution in [2.45, 2.75) is 50.3 Å². The smallest absolute Gasteiger partial charge is 0.113 e. The molecular formula is C28H30O5. The number of benzene rings is 3. The molecule has 3 aromatic carbocycles. The van der Waals surface area contributed by atoms with E-state index in [0.29, 0.717) is 26.4 Å². The van der Waals surface area contributed by atoms with E-state index in [1.54, 1.807) is 0 Å². The molecule has 0 amide bonds. The Labute approximate surface area is 194 Å². The number of aliphatic hydroxyl groups excluding tert-OH is 1. The number of fused-ring (bicyclic) bond motifs is 1. The van der Waals surface area contributed by atoms with Gasteiger partial charge in [-0.25, -0.2) is 0 Å². The van der Waals surface area contributed by atoms with Crippen LogP contribution in [0.2, 0.25) is 0 Å². The van der Waals surface area contributed by atoms with Gasteiger partial charge >= 0.3 is 0 Å². The van der Waals surface area contributed by atoms with Gasteiger partial charge in [-0.3, -0.25) is 0 Å². The number of hydrogen-bond acceptors (Lipinski definition) is 5. The number of hydrogen-bond donors (Lipinski definition) is 1. The SMILES string of the molecule is O[C@@H]1[C@@H](OCc2ccccc2)[C@H](OCc2ccccc2)[C@@H](COCc2ccccc2)[C@@H]2O[C@H]12. The summed E-state index contributed by atoms with van der Waals surface area (Å²) in [4.78, 5) is 0. The fourth-order valence-electron chi connectivity index (χ4n) is 4.59. The maximum Gasteiger partial charge on any atom is 0.113 e. The summed E-state index contributed by atoms with van der Waals surface area (Å²) in [6.07, 6.45) is -1.88. The third kappa shape index (κ3) is 5.52. The molecule has 3 aromatic rings. The van der Waals surface area contributed by atoms with Gasteiger partial charge in [-0.15, -0.1) is 0 Å². The molecule has 5 rings (SSSR count). The number of epoxide rings is 1. The Morgan fingerprint density at radius 1 is 0.606 bits per heavy atom. The highest BCUT2D eigenvalue weighted by molar-refractivity contribution is 5.16. The lowest BCUT2D eigenvalue weighted by atomic mass is 9.82. The van der Waals surface area contributed by atoms with Gasteiger partial charge in [0.05, 0.1) is 38.6 Å². The lowest BCUT2D eigenvalue weighted by molar-refractivity contribution is -0.170. The molecule has 1 saturated carbocycles. The van der Waals surface area contributed by atoms with E-state index in [1.807, 2.05) is 78.9 Å². The van der Waals surface area contributed by atoms with Gasteiger partial charge in [0.2, 0.25) is 0 Å². The first-order valence-corrected chi connectivity index (χ1v) is 11.6. The average molecular weight is 447 g/mol. The highest BCUT2D eigenvalue weighted by atomic mass is 16.6. The molecule has 5 heteroatoms. The molecule has 0 unspecified atom stereocenters. The van der Waals surface area contributed by atoms with Crippen molar-refractivity contribution in [3.05, 3.63) is 108 Å². The van der Waals surface area contributed by atoms with Crippen molar-refractivity contribution in [3.8, 4) is 0 Å². The molecule has 6 atom stereocenters. The second-order valence-corrected chi connectivity index (χ2v) is 8.74. The van der Waals surface area contributed by atoms with Crippen molar-refractivity contribution in [3.63, 3.8) is 0 Å². The van der Waals surface area contributed by atoms with Gasteiger partial charge in [0.25, 0.3) is 0 Å². The van der Waals surface area contributed by atoms with Crippen LogP contribution in [0.1, 0.15) is 16.7 Å². The largest absolute Gasteiger partial charge is 0.387 e. The van der Waals surface area contributed by atoms with Gasteiger partial charge in [0.15, 0.2) is 0 Å². The summed E-state index contributed by atoms with van der Waals surface area (Å²) in [5.74, 6) is -0.0217. The molecule has 0 spiro atoms. The van der Waals surface area contributed by atoms with E-state index in [9.17, 15) is 5.11 Å². The fourth-order valence-corrected chi connectivity index (χ4v) is 4.59. The van der Waals surface area contributed by atoms with E-state index >= 15 is 0 Å². The fraction of sp³-hybridized carbons (Fsp3) is 0.357. The third-order valence-corrected chi connectivity index (χ3v) is 6.39. The van der Waals surface area contributed by atoms with Crippen LogP contribution < -0.4 is 0 Å². The Hall–Kier alpha value is -2.54. The zero-order valence-electron chi connectivity index (χ0n) is 18.5. The molecule has 1 heterocycles. The van der Waals surface area contributed by atoms with Crippen LogP contribution in [0.25, 0.3) is 0 Å². The molecule has 33 heavy (non-hydrogen) atoms. The summed E-state index contributed by atoms with van der Waals surface area (Å²) in [7, 11) is 0. The lowest BCUT2D eigenvalue weighted by Gasteiger charge is -2.38. The highest BCUT2D eigenvalue weighted by Crippen LogP contribution is 2.44. The second-order valence-electron chi connectivity index (χ2n) is 8.74. The van der Waals surface area contributed by atoms with Gasteiger partial charge in [-0.1, -0.05) is 91.0 Å². The average Bonchev–Trinajstić information content (AvgIpc) is 3.67. The summed E-state index contributed by atoms with van der Waals surface area (Å²) in [6, 6.07) is 30.2. The zero-order chi connectivity index (χ0) is 22.5. The van der Waals surface area contributed by atoms with Gasteiger partial charge in [0.1, 0.15) is 18.3 Å². The molecule has 1 N–H and O–H groups in total. The van der Waals surface area contributed by atoms with Crippen molar-refractivity contribution in [2.24, 2.45) is 5.92 Å². The third-order valence-electron chi connectivity index (χ3n) is 6.39. The topological polar surface area (TPSA) is 60.5 Å². The number of ether oxygens (including phenoxy) is 4. The minimum atomic E-state index is -0.732. The summed E-state index contributed by atoms with van der Waals surface area (Å²) in [5, 5.41) is 11.0. The van der Waals surface area contributed by atoms with Crippen LogP contribution in [0, 0.1) is 5.92 Å². The van der Waals surface area contributed by atoms with Crippen LogP contribution in [-0.4, -0.2) is 42.2 Å². The van der Waals surface area contributed by atoms with E-state index in [4.69, 9.17) is 18.9 Å². The van der Waals surface area contributed by atoms with E-state index in [0.717, 1.165) is 16.7 Å². The lowest BCUT2D eigenvalue weighted by Crippen LogP contribution is -2.54. The Bertz CT molecular complexity index is 981. The van der Waals surface area contributed by atoms with Gasteiger partial charge in [0, 0.05) is 5.92 Å². The molecule has 1 saturated heterocycles. The van der Waals surface area contributed by atoms with Crippen molar-refractivity contribution < 1.29 is 24.1 Å². The Morgan fingerprint density at radius 3 is 1.64 bits per heavy atom. The van der Waals surface area contributed by atoms with Crippen LogP contribution in [0.4, 0.5) is 0 Å². The number of aliphatic hydroxyl groups is 1. The molecule has 2 fully saturated rings.